The van der Waals surface area contributed by atoms with Crippen molar-refractivity contribution in [2.24, 2.45) is 23.2 Å². The molecule has 5 aliphatic rings. The van der Waals surface area contributed by atoms with Gasteiger partial charge in [-0.2, -0.15) is 0 Å². The van der Waals surface area contributed by atoms with Crippen molar-refractivity contribution in [1.29, 1.82) is 0 Å². The number of benzene rings is 1. The summed E-state index contributed by atoms with van der Waals surface area (Å²) < 4.78 is 5.25. The van der Waals surface area contributed by atoms with E-state index in [0.717, 1.165) is 61.6 Å². The van der Waals surface area contributed by atoms with Gasteiger partial charge in [-0.1, -0.05) is 6.07 Å². The van der Waals surface area contributed by atoms with E-state index in [-0.39, 0.29) is 17.2 Å². The van der Waals surface area contributed by atoms with Gasteiger partial charge >= 0.3 is 0 Å². The molecule has 0 unspecified atom stereocenters. The number of piperazine rings is 1. The van der Waals surface area contributed by atoms with E-state index in [4.69, 9.17) is 4.74 Å². The first-order chi connectivity index (χ1) is 17.0. The molecule has 0 spiro atoms. The summed E-state index contributed by atoms with van der Waals surface area (Å²) in [5.41, 5.74) is 1.27. The third-order valence-electron chi connectivity index (χ3n) is 8.73. The molecule has 1 N–H and O–H groups in total. The predicted octanol–water partition coefficient (Wildman–Crippen LogP) is 4.21. The number of carbonyl (C=O) groups excluding carboxylic acids is 2. The Morgan fingerprint density at radius 2 is 1.66 bits per heavy atom. The molecule has 0 atom stereocenters. The molecule has 7 nitrogen and oxygen atoms in total. The zero-order chi connectivity index (χ0) is 24.0. The van der Waals surface area contributed by atoms with Gasteiger partial charge in [0, 0.05) is 31.7 Å². The van der Waals surface area contributed by atoms with E-state index in [1.165, 1.54) is 19.3 Å². The predicted molar refractivity (Wildman–Crippen MR) is 135 cm³/mol. The molecule has 2 amide bonds. The summed E-state index contributed by atoms with van der Waals surface area (Å²) in [5.74, 6) is 4.06. The van der Waals surface area contributed by atoms with Crippen LogP contribution in [0.5, 0.6) is 5.75 Å². The molecule has 1 aromatic carbocycles. The fraction of sp³-hybridized carbons (Fsp3) is 0.536. The Labute approximate surface area is 206 Å². The number of anilines is 2. The summed E-state index contributed by atoms with van der Waals surface area (Å²) >= 11 is 0. The molecule has 4 saturated carbocycles. The van der Waals surface area contributed by atoms with Gasteiger partial charge in [-0.15, -0.1) is 0 Å². The summed E-state index contributed by atoms with van der Waals surface area (Å²) in [6, 6.07) is 11.2. The summed E-state index contributed by atoms with van der Waals surface area (Å²) in [7, 11) is 1.61. The quantitative estimate of drug-likeness (QED) is 0.703. The number of pyridine rings is 1. The lowest BCUT2D eigenvalue weighted by atomic mass is 9.49. The zero-order valence-electron chi connectivity index (χ0n) is 20.4. The summed E-state index contributed by atoms with van der Waals surface area (Å²) in [6.45, 7) is 2.73. The molecule has 4 bridgehead atoms. The van der Waals surface area contributed by atoms with Crippen LogP contribution >= 0.6 is 0 Å². The van der Waals surface area contributed by atoms with E-state index in [9.17, 15) is 9.59 Å². The Kier molecular flexibility index (Phi) is 5.66. The standard InChI is InChI=1S/C28H34N4O3/c1-35-24-4-2-3-22(14-24)26(33)32-9-7-31(8-10-32)25-6-5-23(18-29-25)30-27(34)28-15-19-11-20(16-28)13-21(12-19)17-28/h2-6,14,18-21H,7-13,15-17H2,1H3,(H,30,34). The number of rotatable bonds is 5. The maximum Gasteiger partial charge on any atom is 0.254 e. The molecule has 0 radical (unpaired) electrons. The highest BCUT2D eigenvalue weighted by molar-refractivity contribution is 5.96. The average molecular weight is 475 g/mol. The number of hydrogen-bond acceptors (Lipinski definition) is 5. The second-order valence-electron chi connectivity index (χ2n) is 11.1. The Bertz CT molecular complexity index is 1070. The van der Waals surface area contributed by atoms with E-state index >= 15 is 0 Å². The van der Waals surface area contributed by atoms with Crippen LogP contribution < -0.4 is 15.0 Å². The molecular formula is C28H34N4O3. The summed E-state index contributed by atoms with van der Waals surface area (Å²) in [5, 5.41) is 3.20. The summed E-state index contributed by atoms with van der Waals surface area (Å²) in [4.78, 5) is 34.9. The monoisotopic (exact) mass is 474 g/mol. The van der Waals surface area contributed by atoms with Gasteiger partial charge < -0.3 is 19.9 Å². The SMILES string of the molecule is COc1cccc(C(=O)N2CCN(c3ccc(NC(=O)C45CC6CC(CC(C6)C4)C5)cn3)CC2)c1. The second-order valence-corrected chi connectivity index (χ2v) is 11.1. The van der Waals surface area contributed by atoms with Gasteiger partial charge in [0.05, 0.1) is 24.4 Å². The lowest BCUT2D eigenvalue weighted by Gasteiger charge is -2.55. The first kappa shape index (κ1) is 22.4. The topological polar surface area (TPSA) is 74.8 Å². The van der Waals surface area contributed by atoms with Crippen LogP contribution in [-0.4, -0.2) is 55.0 Å². The smallest absolute Gasteiger partial charge is 0.254 e. The molecule has 4 aliphatic carbocycles. The lowest BCUT2D eigenvalue weighted by Crippen LogP contribution is -2.51. The normalized spacial score (nSPS) is 29.2. The Morgan fingerprint density at radius 1 is 0.971 bits per heavy atom. The number of nitrogens with zero attached hydrogens (tertiary/aromatic N) is 3. The number of amides is 2. The lowest BCUT2D eigenvalue weighted by molar-refractivity contribution is -0.140. The van der Waals surface area contributed by atoms with Crippen molar-refractivity contribution < 1.29 is 14.3 Å². The molecule has 7 rings (SSSR count). The molecule has 2 heterocycles. The molecule has 7 heteroatoms. The molecule has 1 aromatic heterocycles. The minimum Gasteiger partial charge on any atom is -0.497 e. The van der Waals surface area contributed by atoms with Gasteiger partial charge in [0.15, 0.2) is 0 Å². The van der Waals surface area contributed by atoms with Gasteiger partial charge in [-0.25, -0.2) is 4.98 Å². The number of methoxy groups -OCH3 is 1. The zero-order valence-corrected chi connectivity index (χ0v) is 20.4. The molecule has 5 fully saturated rings. The van der Waals surface area contributed by atoms with Crippen molar-refractivity contribution >= 4 is 23.3 Å². The van der Waals surface area contributed by atoms with Crippen LogP contribution in [0.3, 0.4) is 0 Å². The van der Waals surface area contributed by atoms with Crippen LogP contribution in [0.2, 0.25) is 0 Å². The van der Waals surface area contributed by atoms with Crippen molar-refractivity contribution in [3.05, 3.63) is 48.2 Å². The van der Waals surface area contributed by atoms with Gasteiger partial charge in [0.2, 0.25) is 5.91 Å². The number of hydrogen-bond donors (Lipinski definition) is 1. The van der Waals surface area contributed by atoms with E-state index in [1.54, 1.807) is 19.4 Å². The Morgan fingerprint density at radius 3 is 2.26 bits per heavy atom. The minimum absolute atomic E-state index is 0.0271. The molecular weight excluding hydrogens is 440 g/mol. The van der Waals surface area contributed by atoms with Crippen LogP contribution in [0, 0.1) is 23.2 Å². The Hall–Kier alpha value is -3.09. The summed E-state index contributed by atoms with van der Waals surface area (Å²) in [6.07, 6.45) is 8.98. The Balaban J connectivity index is 1.05. The maximum absolute atomic E-state index is 13.3. The highest BCUT2D eigenvalue weighted by atomic mass is 16.5. The average Bonchev–Trinajstić information content (AvgIpc) is 2.88. The fourth-order valence-electron chi connectivity index (χ4n) is 7.38. The number of carbonyl (C=O) groups is 2. The molecule has 1 aliphatic heterocycles. The van der Waals surface area contributed by atoms with Gasteiger partial charge in [0.1, 0.15) is 11.6 Å². The highest BCUT2D eigenvalue weighted by Crippen LogP contribution is 2.60. The number of nitrogens with one attached hydrogen (secondary N) is 1. The van der Waals surface area contributed by atoms with E-state index < -0.39 is 0 Å². The van der Waals surface area contributed by atoms with Gasteiger partial charge in [0.25, 0.3) is 5.91 Å². The van der Waals surface area contributed by atoms with Gasteiger partial charge in [-0.05, 0) is 86.6 Å². The van der Waals surface area contributed by atoms with Crippen LogP contribution in [0.1, 0.15) is 48.9 Å². The van der Waals surface area contributed by atoms with E-state index in [0.29, 0.717) is 24.4 Å². The highest BCUT2D eigenvalue weighted by Gasteiger charge is 2.54. The third-order valence-corrected chi connectivity index (χ3v) is 8.73. The molecule has 35 heavy (non-hydrogen) atoms. The first-order valence-corrected chi connectivity index (χ1v) is 13.0. The molecule has 2 aromatic rings. The fourth-order valence-corrected chi connectivity index (χ4v) is 7.38. The van der Waals surface area contributed by atoms with Crippen LogP contribution in [-0.2, 0) is 4.79 Å². The second kappa shape index (κ2) is 8.85. The van der Waals surface area contributed by atoms with Crippen molar-refractivity contribution in [1.82, 2.24) is 9.88 Å². The maximum atomic E-state index is 13.3. The molecule has 1 saturated heterocycles. The van der Waals surface area contributed by atoms with Gasteiger partial charge in [-0.3, -0.25) is 9.59 Å². The first-order valence-electron chi connectivity index (χ1n) is 13.0. The largest absolute Gasteiger partial charge is 0.497 e. The third kappa shape index (κ3) is 4.26. The minimum atomic E-state index is -0.154. The van der Waals surface area contributed by atoms with Crippen molar-refractivity contribution in [2.75, 3.05) is 43.5 Å². The number of aromatic nitrogens is 1. The van der Waals surface area contributed by atoms with Crippen LogP contribution in [0.15, 0.2) is 42.6 Å². The molecule has 184 valence electrons. The van der Waals surface area contributed by atoms with Crippen molar-refractivity contribution in [3.63, 3.8) is 0 Å². The number of ether oxygens (including phenoxy) is 1. The van der Waals surface area contributed by atoms with E-state index in [2.05, 4.69) is 15.2 Å². The van der Waals surface area contributed by atoms with Crippen LogP contribution in [0.4, 0.5) is 11.5 Å². The van der Waals surface area contributed by atoms with Crippen molar-refractivity contribution in [2.45, 2.75) is 38.5 Å². The van der Waals surface area contributed by atoms with Crippen LogP contribution in [0.25, 0.3) is 0 Å². The van der Waals surface area contributed by atoms with E-state index in [1.807, 2.05) is 35.2 Å². The van der Waals surface area contributed by atoms with Crippen molar-refractivity contribution in [3.8, 4) is 5.75 Å².